The average Bonchev–Trinajstić information content (AvgIpc) is 2.24. The molecule has 0 aliphatic rings. The first-order valence-electron chi connectivity index (χ1n) is 6.98. The summed E-state index contributed by atoms with van der Waals surface area (Å²) >= 11 is 0. The molecule has 0 bridgehead atoms. The minimum atomic E-state index is -2.43. The van der Waals surface area contributed by atoms with Crippen LogP contribution in [0.2, 0.25) is 0 Å². The van der Waals surface area contributed by atoms with Crippen molar-refractivity contribution in [2.24, 2.45) is 0 Å². The third-order valence-corrected chi connectivity index (χ3v) is 3.97. The van der Waals surface area contributed by atoms with Gasteiger partial charge in [0.2, 0.25) is 0 Å². The molecular formula is C13H30ClO3P. The summed E-state index contributed by atoms with van der Waals surface area (Å²) < 4.78 is 0. The predicted molar refractivity (Wildman–Crippen MR) is 81.7 cm³/mol. The van der Waals surface area contributed by atoms with E-state index in [2.05, 4.69) is 6.92 Å². The molecule has 0 aliphatic carbocycles. The standard InChI is InChI=1S/C13H29O3P.ClH/c1-2-3-4-5-6-7-8-9-10-11-12-17-13(14,15)16;/h14-17H,2-12H2,1H3;1H. The van der Waals surface area contributed by atoms with Crippen molar-refractivity contribution < 1.29 is 15.3 Å². The first-order chi connectivity index (χ1) is 8.06. The molecule has 0 heterocycles. The quantitative estimate of drug-likeness (QED) is 0.293. The number of aliphatic hydroxyl groups is 3. The zero-order valence-electron chi connectivity index (χ0n) is 11.5. The molecule has 0 saturated heterocycles. The summed E-state index contributed by atoms with van der Waals surface area (Å²) in [5, 5.41) is 26.1. The van der Waals surface area contributed by atoms with Gasteiger partial charge in [-0.25, -0.2) is 0 Å². The Hall–Kier alpha value is 0.600. The van der Waals surface area contributed by atoms with E-state index in [0.29, 0.717) is 6.16 Å². The summed E-state index contributed by atoms with van der Waals surface area (Å²) in [5.41, 5.74) is -2.43. The van der Waals surface area contributed by atoms with Crippen LogP contribution >= 0.6 is 21.0 Å². The first-order valence-corrected chi connectivity index (χ1v) is 8.19. The molecule has 0 spiro atoms. The second-order valence-corrected chi connectivity index (χ2v) is 6.27. The molecule has 1 atom stereocenters. The molecule has 3 nitrogen and oxygen atoms in total. The lowest BCUT2D eigenvalue weighted by Gasteiger charge is -2.13. The predicted octanol–water partition coefficient (Wildman–Crippen LogP) is 3.60. The van der Waals surface area contributed by atoms with E-state index in [4.69, 9.17) is 15.3 Å². The molecule has 0 aliphatic heterocycles. The molecule has 5 heteroatoms. The molecule has 0 amide bonds. The topological polar surface area (TPSA) is 60.7 Å². The fourth-order valence-corrected chi connectivity index (χ4v) is 2.63. The third kappa shape index (κ3) is 19.0. The van der Waals surface area contributed by atoms with E-state index in [1.807, 2.05) is 0 Å². The van der Waals surface area contributed by atoms with E-state index in [1.54, 1.807) is 0 Å². The van der Waals surface area contributed by atoms with Crippen LogP contribution in [0.3, 0.4) is 0 Å². The summed E-state index contributed by atoms with van der Waals surface area (Å²) in [6.07, 6.45) is 13.5. The molecule has 1 unspecified atom stereocenters. The minimum absolute atomic E-state index is 0. The third-order valence-electron chi connectivity index (χ3n) is 2.89. The molecule has 3 N–H and O–H groups in total. The number of halogens is 1. The largest absolute Gasteiger partial charge is 0.340 e. The van der Waals surface area contributed by atoms with Gasteiger partial charge in [0.15, 0.2) is 0 Å². The van der Waals surface area contributed by atoms with Crippen molar-refractivity contribution in [3.8, 4) is 0 Å². The van der Waals surface area contributed by atoms with Gasteiger partial charge in [0.25, 0.3) is 5.71 Å². The summed E-state index contributed by atoms with van der Waals surface area (Å²) in [7, 11) is -0.180. The summed E-state index contributed by atoms with van der Waals surface area (Å²) in [4.78, 5) is 0. The van der Waals surface area contributed by atoms with E-state index in [-0.39, 0.29) is 21.0 Å². The van der Waals surface area contributed by atoms with Crippen molar-refractivity contribution in [2.75, 3.05) is 6.16 Å². The molecular weight excluding hydrogens is 271 g/mol. The lowest BCUT2D eigenvalue weighted by Crippen LogP contribution is -2.20. The number of unbranched alkanes of at least 4 members (excludes halogenated alkanes) is 9. The van der Waals surface area contributed by atoms with Crippen LogP contribution in [0, 0.1) is 0 Å². The van der Waals surface area contributed by atoms with Crippen molar-refractivity contribution in [3.05, 3.63) is 0 Å². The van der Waals surface area contributed by atoms with Gasteiger partial charge in [0, 0.05) is 0 Å². The fraction of sp³-hybridized carbons (Fsp3) is 1.00. The molecule has 0 radical (unpaired) electrons. The van der Waals surface area contributed by atoms with Crippen molar-refractivity contribution in [2.45, 2.75) is 76.8 Å². The van der Waals surface area contributed by atoms with Gasteiger partial charge in [0.05, 0.1) is 0 Å². The lowest BCUT2D eigenvalue weighted by molar-refractivity contribution is -0.238. The maximum absolute atomic E-state index is 8.68. The van der Waals surface area contributed by atoms with E-state index in [1.165, 1.54) is 51.4 Å². The van der Waals surface area contributed by atoms with Gasteiger partial charge < -0.3 is 15.3 Å². The fourth-order valence-electron chi connectivity index (χ4n) is 1.87. The van der Waals surface area contributed by atoms with Gasteiger partial charge in [0.1, 0.15) is 0 Å². The van der Waals surface area contributed by atoms with E-state index in [9.17, 15) is 0 Å². The SMILES string of the molecule is CCCCCCCCCCCCPC(O)(O)O.Cl. The number of rotatable bonds is 12. The van der Waals surface area contributed by atoms with Gasteiger partial charge in [-0.1, -0.05) is 64.7 Å². The van der Waals surface area contributed by atoms with Crippen molar-refractivity contribution in [1.82, 2.24) is 0 Å². The molecule has 0 aromatic heterocycles. The molecule has 112 valence electrons. The van der Waals surface area contributed by atoms with E-state index in [0.717, 1.165) is 12.8 Å². The Morgan fingerprint density at radius 3 is 1.50 bits per heavy atom. The Kier molecular flexibility index (Phi) is 16.3. The van der Waals surface area contributed by atoms with Gasteiger partial charge in [-0.3, -0.25) is 0 Å². The Balaban J connectivity index is 0. The molecule has 0 aromatic carbocycles. The summed E-state index contributed by atoms with van der Waals surface area (Å²) in [6, 6.07) is 0. The highest BCUT2D eigenvalue weighted by atomic mass is 35.5. The number of hydrogen-bond donors (Lipinski definition) is 3. The van der Waals surface area contributed by atoms with Crippen LogP contribution in [-0.2, 0) is 0 Å². The van der Waals surface area contributed by atoms with Crippen LogP contribution in [0.1, 0.15) is 71.1 Å². The number of hydrogen-bond acceptors (Lipinski definition) is 3. The van der Waals surface area contributed by atoms with Crippen LogP contribution in [0.4, 0.5) is 0 Å². The van der Waals surface area contributed by atoms with E-state index >= 15 is 0 Å². The summed E-state index contributed by atoms with van der Waals surface area (Å²) in [6.45, 7) is 2.24. The van der Waals surface area contributed by atoms with Crippen molar-refractivity contribution in [1.29, 1.82) is 0 Å². The van der Waals surface area contributed by atoms with Gasteiger partial charge >= 0.3 is 0 Å². The molecule has 0 aromatic rings. The van der Waals surface area contributed by atoms with Crippen LogP contribution in [-0.4, -0.2) is 27.2 Å². The Labute approximate surface area is 120 Å². The van der Waals surface area contributed by atoms with Gasteiger partial charge in [-0.15, -0.1) is 12.4 Å². The summed E-state index contributed by atoms with van der Waals surface area (Å²) in [5.74, 6) is 0. The minimum Gasteiger partial charge on any atom is -0.340 e. The van der Waals surface area contributed by atoms with Crippen LogP contribution in [0.5, 0.6) is 0 Å². The normalized spacial score (nSPS) is 12.0. The zero-order valence-corrected chi connectivity index (χ0v) is 13.3. The van der Waals surface area contributed by atoms with E-state index < -0.39 is 5.71 Å². The van der Waals surface area contributed by atoms with Crippen LogP contribution in [0.15, 0.2) is 0 Å². The Morgan fingerprint density at radius 1 is 0.722 bits per heavy atom. The Morgan fingerprint density at radius 2 is 1.11 bits per heavy atom. The Bertz CT molecular complexity index is 163. The maximum atomic E-state index is 8.68. The highest BCUT2D eigenvalue weighted by Gasteiger charge is 2.15. The second-order valence-electron chi connectivity index (χ2n) is 4.74. The van der Waals surface area contributed by atoms with Crippen LogP contribution in [0.25, 0.3) is 0 Å². The smallest absolute Gasteiger partial charge is 0.290 e. The van der Waals surface area contributed by atoms with Crippen molar-refractivity contribution >= 4 is 21.0 Å². The maximum Gasteiger partial charge on any atom is 0.290 e. The first kappa shape index (κ1) is 20.9. The van der Waals surface area contributed by atoms with Gasteiger partial charge in [-0.05, 0) is 21.2 Å². The van der Waals surface area contributed by atoms with Crippen molar-refractivity contribution in [3.63, 3.8) is 0 Å². The second kappa shape index (κ2) is 14.0. The zero-order chi connectivity index (χ0) is 13.0. The molecule has 18 heavy (non-hydrogen) atoms. The molecule has 0 rings (SSSR count). The lowest BCUT2D eigenvalue weighted by atomic mass is 10.1. The highest BCUT2D eigenvalue weighted by molar-refractivity contribution is 7.39. The average molecular weight is 301 g/mol. The van der Waals surface area contributed by atoms with Crippen LogP contribution < -0.4 is 0 Å². The van der Waals surface area contributed by atoms with Gasteiger partial charge in [-0.2, -0.15) is 0 Å². The molecule has 0 saturated carbocycles. The highest BCUT2D eigenvalue weighted by Crippen LogP contribution is 2.25. The monoisotopic (exact) mass is 300 g/mol. The molecule has 0 fully saturated rings.